The van der Waals surface area contributed by atoms with Gasteiger partial charge in [0.05, 0.1) is 22.3 Å². The van der Waals surface area contributed by atoms with Gasteiger partial charge in [0.15, 0.2) is 0 Å². The number of H-pyrrole nitrogens is 1. The Bertz CT molecular complexity index is 915. The number of aromatic nitrogens is 2. The lowest BCUT2D eigenvalue weighted by molar-refractivity contribution is 0.0771. The number of halogens is 1. The van der Waals surface area contributed by atoms with Gasteiger partial charge >= 0.3 is 0 Å². The normalized spacial score (nSPS) is 16.2. The van der Waals surface area contributed by atoms with Crippen LogP contribution in [0.4, 0.5) is 0 Å². The minimum atomic E-state index is -3.55. The van der Waals surface area contributed by atoms with Crippen LogP contribution in [0.3, 0.4) is 0 Å². The summed E-state index contributed by atoms with van der Waals surface area (Å²) in [6.45, 7) is 5.96. The van der Waals surface area contributed by atoms with Gasteiger partial charge in [-0.05, 0) is 51.0 Å². The van der Waals surface area contributed by atoms with Crippen molar-refractivity contribution in [3.05, 3.63) is 46.7 Å². The lowest BCUT2D eigenvalue weighted by Gasteiger charge is -2.31. The van der Waals surface area contributed by atoms with Crippen LogP contribution in [0.15, 0.2) is 35.4 Å². The number of amides is 1. The van der Waals surface area contributed by atoms with Crippen LogP contribution in [-0.4, -0.2) is 59.9 Å². The molecule has 1 amide bonds. The molecular weight excluding hydrogens is 400 g/mol. The van der Waals surface area contributed by atoms with Crippen LogP contribution in [0.2, 0.25) is 5.02 Å². The molecule has 1 aromatic heterocycles. The highest BCUT2D eigenvalue weighted by Crippen LogP contribution is 2.32. The molecule has 1 fully saturated rings. The molecule has 2 aromatic rings. The maximum atomic E-state index is 12.8. The summed E-state index contributed by atoms with van der Waals surface area (Å²) >= 11 is 5.86. The first kappa shape index (κ1) is 20.8. The number of carbonyl (C=O) groups is 1. The van der Waals surface area contributed by atoms with Gasteiger partial charge in [0, 0.05) is 37.1 Å². The van der Waals surface area contributed by atoms with E-state index in [0.717, 1.165) is 5.69 Å². The van der Waals surface area contributed by atoms with Gasteiger partial charge in [-0.3, -0.25) is 9.89 Å². The zero-order chi connectivity index (χ0) is 20.3. The fourth-order valence-electron chi connectivity index (χ4n) is 3.60. The topological polar surface area (TPSA) is 86.4 Å². The highest BCUT2D eigenvalue weighted by Gasteiger charge is 2.32. The van der Waals surface area contributed by atoms with Crippen molar-refractivity contribution < 1.29 is 13.2 Å². The van der Waals surface area contributed by atoms with Gasteiger partial charge in [-0.15, -0.1) is 0 Å². The molecule has 0 aliphatic carbocycles. The first-order valence-electron chi connectivity index (χ1n) is 9.46. The molecule has 0 unspecified atom stereocenters. The zero-order valence-corrected chi connectivity index (χ0v) is 17.6. The summed E-state index contributed by atoms with van der Waals surface area (Å²) in [6.07, 6.45) is 2.84. The number of aromatic amines is 1. The zero-order valence-electron chi connectivity index (χ0n) is 16.1. The Balaban J connectivity index is 1.72. The summed E-state index contributed by atoms with van der Waals surface area (Å²) in [5, 5.41) is 7.55. The van der Waals surface area contributed by atoms with E-state index in [0.29, 0.717) is 49.6 Å². The monoisotopic (exact) mass is 424 g/mol. The average Bonchev–Trinajstić information content (AvgIpc) is 3.19. The molecule has 3 rings (SSSR count). The van der Waals surface area contributed by atoms with Crippen LogP contribution in [0.1, 0.15) is 48.7 Å². The SMILES string of the molecule is CCN(CC)C(=O)c1cn[nH]c1C1CCN(S(=O)(=O)c2ccc(Cl)cc2)CC1. The Morgan fingerprint density at radius 2 is 1.82 bits per heavy atom. The number of nitrogens with zero attached hydrogens (tertiary/aromatic N) is 3. The van der Waals surface area contributed by atoms with Crippen molar-refractivity contribution in [2.45, 2.75) is 37.5 Å². The first-order valence-corrected chi connectivity index (χ1v) is 11.3. The van der Waals surface area contributed by atoms with E-state index in [9.17, 15) is 13.2 Å². The van der Waals surface area contributed by atoms with E-state index in [4.69, 9.17) is 11.6 Å². The van der Waals surface area contributed by atoms with Gasteiger partial charge in [-0.25, -0.2) is 8.42 Å². The van der Waals surface area contributed by atoms with Crippen LogP contribution in [0, 0.1) is 0 Å². The molecular formula is C19H25ClN4O3S. The van der Waals surface area contributed by atoms with Crippen molar-refractivity contribution in [2.24, 2.45) is 0 Å². The second-order valence-corrected chi connectivity index (χ2v) is 9.18. The van der Waals surface area contributed by atoms with Crippen LogP contribution >= 0.6 is 11.6 Å². The molecule has 152 valence electrons. The maximum Gasteiger partial charge on any atom is 0.257 e. The molecule has 1 aromatic carbocycles. The van der Waals surface area contributed by atoms with Crippen LogP contribution in [-0.2, 0) is 10.0 Å². The number of rotatable bonds is 6. The lowest BCUT2D eigenvalue weighted by Crippen LogP contribution is -2.38. The van der Waals surface area contributed by atoms with Gasteiger partial charge in [0.1, 0.15) is 0 Å². The summed E-state index contributed by atoms with van der Waals surface area (Å²) < 4.78 is 27.2. The number of hydrogen-bond acceptors (Lipinski definition) is 4. The van der Waals surface area contributed by atoms with Crippen molar-refractivity contribution in [3.8, 4) is 0 Å². The number of sulfonamides is 1. The van der Waals surface area contributed by atoms with Gasteiger partial charge in [0.2, 0.25) is 10.0 Å². The van der Waals surface area contributed by atoms with Gasteiger partial charge in [0.25, 0.3) is 5.91 Å². The standard InChI is InChI=1S/C19H25ClN4O3S/c1-3-23(4-2)19(25)17-13-21-22-18(17)14-9-11-24(12-10-14)28(26,27)16-7-5-15(20)6-8-16/h5-8,13-14H,3-4,9-12H2,1-2H3,(H,21,22). The minimum Gasteiger partial charge on any atom is -0.339 e. The Morgan fingerprint density at radius 3 is 2.39 bits per heavy atom. The second kappa shape index (κ2) is 8.63. The molecule has 1 saturated heterocycles. The van der Waals surface area contributed by atoms with E-state index in [1.165, 1.54) is 16.4 Å². The summed E-state index contributed by atoms with van der Waals surface area (Å²) in [5.74, 6) is 0.0404. The second-order valence-electron chi connectivity index (χ2n) is 6.81. The average molecular weight is 425 g/mol. The highest BCUT2D eigenvalue weighted by molar-refractivity contribution is 7.89. The number of benzene rings is 1. The Morgan fingerprint density at radius 1 is 1.21 bits per heavy atom. The molecule has 1 aliphatic heterocycles. The smallest absolute Gasteiger partial charge is 0.257 e. The molecule has 28 heavy (non-hydrogen) atoms. The molecule has 1 N–H and O–H groups in total. The van der Waals surface area contributed by atoms with Gasteiger partial charge < -0.3 is 4.90 Å². The van der Waals surface area contributed by atoms with Crippen molar-refractivity contribution in [2.75, 3.05) is 26.2 Å². The third-order valence-corrected chi connectivity index (χ3v) is 7.43. The molecule has 0 saturated carbocycles. The van der Waals surface area contributed by atoms with E-state index < -0.39 is 10.0 Å². The van der Waals surface area contributed by atoms with Gasteiger partial charge in [-0.1, -0.05) is 11.6 Å². The minimum absolute atomic E-state index is 0.0371. The number of carbonyl (C=O) groups excluding carboxylic acids is 1. The molecule has 0 spiro atoms. The quantitative estimate of drug-likeness (QED) is 0.771. The lowest BCUT2D eigenvalue weighted by atomic mass is 9.92. The Hall–Kier alpha value is -1.90. The van der Waals surface area contributed by atoms with Gasteiger partial charge in [-0.2, -0.15) is 9.40 Å². The first-order chi connectivity index (χ1) is 13.4. The van der Waals surface area contributed by atoms with Crippen LogP contribution in [0.5, 0.6) is 0 Å². The molecule has 1 aliphatic rings. The summed E-state index contributed by atoms with van der Waals surface area (Å²) in [5.41, 5.74) is 1.39. The maximum absolute atomic E-state index is 12.8. The van der Waals surface area contributed by atoms with Crippen LogP contribution < -0.4 is 0 Å². The van der Waals surface area contributed by atoms with E-state index in [1.54, 1.807) is 23.2 Å². The number of piperidine rings is 1. The fraction of sp³-hybridized carbons (Fsp3) is 0.474. The fourth-order valence-corrected chi connectivity index (χ4v) is 5.20. The van der Waals surface area contributed by atoms with Crippen LogP contribution in [0.25, 0.3) is 0 Å². The third kappa shape index (κ3) is 4.09. The number of hydrogen-bond donors (Lipinski definition) is 1. The summed E-state index contributed by atoms with van der Waals surface area (Å²) in [6, 6.07) is 6.22. The molecule has 0 radical (unpaired) electrons. The molecule has 9 heteroatoms. The van der Waals surface area contributed by atoms with Crippen molar-refractivity contribution in [1.82, 2.24) is 19.4 Å². The van der Waals surface area contributed by atoms with E-state index in [-0.39, 0.29) is 16.7 Å². The van der Waals surface area contributed by atoms with Crippen molar-refractivity contribution in [3.63, 3.8) is 0 Å². The Labute approximate surface area is 170 Å². The van der Waals surface area contributed by atoms with E-state index in [1.807, 2.05) is 13.8 Å². The van der Waals surface area contributed by atoms with Crippen molar-refractivity contribution >= 4 is 27.5 Å². The highest BCUT2D eigenvalue weighted by atomic mass is 35.5. The largest absolute Gasteiger partial charge is 0.339 e. The van der Waals surface area contributed by atoms with Crippen molar-refractivity contribution in [1.29, 1.82) is 0 Å². The third-order valence-electron chi connectivity index (χ3n) is 5.26. The van der Waals surface area contributed by atoms with E-state index in [2.05, 4.69) is 10.2 Å². The molecule has 0 atom stereocenters. The predicted molar refractivity (Wildman–Crippen MR) is 108 cm³/mol. The number of nitrogens with one attached hydrogen (secondary N) is 1. The van der Waals surface area contributed by atoms with E-state index >= 15 is 0 Å². The summed E-state index contributed by atoms with van der Waals surface area (Å²) in [7, 11) is -3.55. The summed E-state index contributed by atoms with van der Waals surface area (Å²) in [4.78, 5) is 14.7. The molecule has 7 nitrogen and oxygen atoms in total. The molecule has 2 heterocycles. The Kier molecular flexibility index (Phi) is 6.42. The molecule has 0 bridgehead atoms. The predicted octanol–water partition coefficient (Wildman–Crippen LogP) is 3.11.